The van der Waals surface area contributed by atoms with Crippen molar-refractivity contribution in [3.63, 3.8) is 0 Å². The number of carbonyl (C=O) groups excluding carboxylic acids is 2. The quantitative estimate of drug-likeness (QED) is 0.820. The van der Waals surface area contributed by atoms with Crippen LogP contribution in [0.5, 0.6) is 0 Å². The van der Waals surface area contributed by atoms with E-state index >= 15 is 0 Å². The number of carbonyl (C=O) groups is 2. The molecule has 3 rings (SSSR count). The Morgan fingerprint density at radius 2 is 1.46 bits per heavy atom. The maximum atomic E-state index is 12.9. The zero-order chi connectivity index (χ0) is 16.6. The number of hydrogen-bond acceptors (Lipinski definition) is 3. The smallest absolute Gasteiger partial charge is 0.225 e. The molecule has 0 spiro atoms. The summed E-state index contributed by atoms with van der Waals surface area (Å²) >= 11 is 0. The van der Waals surface area contributed by atoms with Gasteiger partial charge in [-0.1, -0.05) is 20.3 Å². The van der Waals surface area contributed by atoms with Gasteiger partial charge in [-0.15, -0.1) is 12.4 Å². The molecule has 2 N–H and O–H groups in total. The highest BCUT2D eigenvalue weighted by Crippen LogP contribution is 2.42. The lowest BCUT2D eigenvalue weighted by Crippen LogP contribution is -2.55. The Morgan fingerprint density at radius 1 is 0.958 bits per heavy atom. The van der Waals surface area contributed by atoms with Gasteiger partial charge in [0.1, 0.15) is 0 Å². The molecule has 3 aliphatic rings. The predicted octanol–water partition coefficient (Wildman–Crippen LogP) is 1.89. The average Bonchev–Trinajstić information content (AvgIpc) is 2.53. The summed E-state index contributed by atoms with van der Waals surface area (Å²) in [6, 6.07) is 0.313. The van der Waals surface area contributed by atoms with Crippen LogP contribution in [-0.4, -0.2) is 53.8 Å². The molecule has 0 aromatic heterocycles. The molecule has 5 nitrogen and oxygen atoms in total. The van der Waals surface area contributed by atoms with Crippen molar-refractivity contribution in [2.75, 3.05) is 26.2 Å². The third-order valence-electron chi connectivity index (χ3n) is 6.16. The van der Waals surface area contributed by atoms with Gasteiger partial charge in [-0.3, -0.25) is 9.59 Å². The third kappa shape index (κ3) is 3.88. The van der Waals surface area contributed by atoms with Crippen LogP contribution in [0.1, 0.15) is 46.0 Å². The van der Waals surface area contributed by atoms with Gasteiger partial charge in [0.2, 0.25) is 11.8 Å². The molecule has 1 heterocycles. The minimum absolute atomic E-state index is 0. The van der Waals surface area contributed by atoms with E-state index in [1.165, 1.54) is 19.3 Å². The highest BCUT2D eigenvalue weighted by molar-refractivity contribution is 5.85. The van der Waals surface area contributed by atoms with Crippen molar-refractivity contribution in [3.05, 3.63) is 0 Å². The van der Waals surface area contributed by atoms with E-state index in [2.05, 4.69) is 0 Å². The molecule has 0 aromatic rings. The fraction of sp³-hybridized carbons (Fsp3) is 0.889. The molecular weight excluding hydrogens is 326 g/mol. The third-order valence-corrected chi connectivity index (χ3v) is 6.16. The lowest BCUT2D eigenvalue weighted by atomic mass is 9.65. The number of nitrogens with two attached hydrogens (primary N) is 1. The van der Waals surface area contributed by atoms with Gasteiger partial charge in [-0.05, 0) is 37.5 Å². The maximum absolute atomic E-state index is 12.9. The van der Waals surface area contributed by atoms with E-state index in [1.807, 2.05) is 23.6 Å². The number of amides is 2. The summed E-state index contributed by atoms with van der Waals surface area (Å²) in [5.74, 6) is 1.80. The fourth-order valence-electron chi connectivity index (χ4n) is 4.76. The van der Waals surface area contributed by atoms with Crippen molar-refractivity contribution in [3.8, 4) is 0 Å². The van der Waals surface area contributed by atoms with E-state index in [9.17, 15) is 9.59 Å². The zero-order valence-corrected chi connectivity index (χ0v) is 15.8. The summed E-state index contributed by atoms with van der Waals surface area (Å²) in [7, 11) is 0. The lowest BCUT2D eigenvalue weighted by Gasteiger charge is -2.45. The Hall–Kier alpha value is -0.810. The van der Waals surface area contributed by atoms with Crippen molar-refractivity contribution in [1.82, 2.24) is 9.80 Å². The summed E-state index contributed by atoms with van der Waals surface area (Å²) in [6.45, 7) is 6.61. The van der Waals surface area contributed by atoms with Gasteiger partial charge in [-0.2, -0.15) is 0 Å². The maximum Gasteiger partial charge on any atom is 0.225 e. The van der Waals surface area contributed by atoms with Gasteiger partial charge < -0.3 is 15.5 Å². The van der Waals surface area contributed by atoms with Crippen molar-refractivity contribution >= 4 is 24.2 Å². The van der Waals surface area contributed by atoms with Crippen LogP contribution >= 0.6 is 12.4 Å². The number of rotatable bonds is 2. The van der Waals surface area contributed by atoms with Crippen LogP contribution in [-0.2, 0) is 9.59 Å². The molecule has 0 radical (unpaired) electrons. The Morgan fingerprint density at radius 3 is 1.96 bits per heavy atom. The first kappa shape index (κ1) is 19.5. The van der Waals surface area contributed by atoms with Crippen LogP contribution in [0, 0.1) is 23.7 Å². The predicted molar refractivity (Wildman–Crippen MR) is 96.8 cm³/mol. The van der Waals surface area contributed by atoms with Crippen LogP contribution in [0.15, 0.2) is 0 Å². The summed E-state index contributed by atoms with van der Waals surface area (Å²) in [5, 5.41) is 0. The monoisotopic (exact) mass is 357 g/mol. The minimum Gasteiger partial charge on any atom is -0.339 e. The van der Waals surface area contributed by atoms with E-state index in [1.54, 1.807) is 0 Å². The van der Waals surface area contributed by atoms with Gasteiger partial charge in [0.25, 0.3) is 0 Å². The standard InChI is InChI=1S/C18H31N3O2.ClH/c1-12(2)17(22)20-6-8-21(9-7-20)18(23)15-10-13-4-3-5-14(11-15)16(13)19;/h12-16H,3-11,19H2,1-2H3;1H. The lowest BCUT2D eigenvalue weighted by molar-refractivity contribution is -0.145. The number of fused-ring (bicyclic) bond motifs is 2. The molecule has 138 valence electrons. The Bertz CT molecular complexity index is 449. The van der Waals surface area contributed by atoms with Gasteiger partial charge in [0.15, 0.2) is 0 Å². The van der Waals surface area contributed by atoms with Crippen molar-refractivity contribution in [1.29, 1.82) is 0 Å². The van der Waals surface area contributed by atoms with E-state index in [-0.39, 0.29) is 30.2 Å². The SMILES string of the molecule is CC(C)C(=O)N1CCN(C(=O)C2CC3CCCC(C2)C3N)CC1.Cl. The van der Waals surface area contributed by atoms with Crippen molar-refractivity contribution in [2.24, 2.45) is 29.4 Å². The molecule has 2 bridgehead atoms. The number of piperazine rings is 1. The number of halogens is 1. The molecule has 6 heteroatoms. The first-order valence-electron chi connectivity index (χ1n) is 9.30. The summed E-state index contributed by atoms with van der Waals surface area (Å²) in [5.41, 5.74) is 6.34. The molecule has 2 saturated carbocycles. The van der Waals surface area contributed by atoms with Gasteiger partial charge in [-0.25, -0.2) is 0 Å². The molecule has 2 amide bonds. The first-order valence-corrected chi connectivity index (χ1v) is 9.30. The molecule has 0 aromatic carbocycles. The molecule has 2 unspecified atom stereocenters. The normalized spacial score (nSPS) is 33.2. The van der Waals surface area contributed by atoms with E-state index in [4.69, 9.17) is 5.73 Å². The van der Waals surface area contributed by atoms with E-state index < -0.39 is 0 Å². The second-order valence-electron chi connectivity index (χ2n) is 8.00. The van der Waals surface area contributed by atoms with Crippen molar-refractivity contribution in [2.45, 2.75) is 52.0 Å². The fourth-order valence-corrected chi connectivity index (χ4v) is 4.76. The van der Waals surface area contributed by atoms with E-state index in [0.29, 0.717) is 50.0 Å². The molecule has 1 aliphatic heterocycles. The van der Waals surface area contributed by atoms with Crippen molar-refractivity contribution < 1.29 is 9.59 Å². The Labute approximate surface area is 151 Å². The van der Waals surface area contributed by atoms with Crippen LogP contribution < -0.4 is 5.73 Å². The molecule has 1 saturated heterocycles. The van der Waals surface area contributed by atoms with Crippen LogP contribution in [0.25, 0.3) is 0 Å². The average molecular weight is 358 g/mol. The molecule has 3 fully saturated rings. The highest BCUT2D eigenvalue weighted by atomic mass is 35.5. The van der Waals surface area contributed by atoms with Gasteiger partial charge >= 0.3 is 0 Å². The van der Waals surface area contributed by atoms with Crippen LogP contribution in [0.4, 0.5) is 0 Å². The Balaban J connectivity index is 0.00000208. The summed E-state index contributed by atoms with van der Waals surface area (Å²) in [6.07, 6.45) is 5.61. The Kier molecular flexibility index (Phi) is 6.54. The molecule has 2 aliphatic carbocycles. The number of hydrogen-bond donors (Lipinski definition) is 1. The zero-order valence-electron chi connectivity index (χ0n) is 14.9. The van der Waals surface area contributed by atoms with Gasteiger partial charge in [0, 0.05) is 44.1 Å². The largest absolute Gasteiger partial charge is 0.339 e. The number of nitrogens with zero attached hydrogens (tertiary/aromatic N) is 2. The first-order chi connectivity index (χ1) is 11.0. The second-order valence-corrected chi connectivity index (χ2v) is 8.00. The minimum atomic E-state index is 0. The molecule has 2 atom stereocenters. The molecule has 24 heavy (non-hydrogen) atoms. The summed E-state index contributed by atoms with van der Waals surface area (Å²) < 4.78 is 0. The van der Waals surface area contributed by atoms with Gasteiger partial charge in [0.05, 0.1) is 0 Å². The second kappa shape index (κ2) is 8.05. The van der Waals surface area contributed by atoms with E-state index in [0.717, 1.165) is 12.8 Å². The van der Waals surface area contributed by atoms with Crippen LogP contribution in [0.2, 0.25) is 0 Å². The van der Waals surface area contributed by atoms with Crippen LogP contribution in [0.3, 0.4) is 0 Å². The summed E-state index contributed by atoms with van der Waals surface area (Å²) in [4.78, 5) is 28.8. The topological polar surface area (TPSA) is 66.6 Å². The highest BCUT2D eigenvalue weighted by Gasteiger charge is 2.42. The molecular formula is C18H32ClN3O2.